The molecule has 21 heavy (non-hydrogen) atoms. The second kappa shape index (κ2) is 7.37. The molecule has 1 heterocycles. The van der Waals surface area contributed by atoms with E-state index in [-0.39, 0.29) is 17.2 Å². The maximum absolute atomic E-state index is 12.0. The summed E-state index contributed by atoms with van der Waals surface area (Å²) >= 11 is 0. The van der Waals surface area contributed by atoms with Gasteiger partial charge in [0.25, 0.3) is 5.91 Å². The fraction of sp³-hybridized carbons (Fsp3) is 0.429. The van der Waals surface area contributed by atoms with Crippen LogP contribution < -0.4 is 10.6 Å². The van der Waals surface area contributed by atoms with Crippen LogP contribution in [0.15, 0.2) is 18.3 Å². The minimum atomic E-state index is -1.22. The lowest BCUT2D eigenvalue weighted by atomic mass is 10.2. The molecule has 0 spiro atoms. The molecule has 0 aliphatic heterocycles. The lowest BCUT2D eigenvalue weighted by molar-refractivity contribution is -0.122. The molecule has 0 fully saturated rings. The average Bonchev–Trinajstić information content (AvgIpc) is 2.44. The van der Waals surface area contributed by atoms with Crippen LogP contribution in [-0.2, 0) is 4.79 Å². The van der Waals surface area contributed by atoms with Crippen molar-refractivity contribution in [2.75, 3.05) is 6.54 Å². The van der Waals surface area contributed by atoms with Crippen molar-refractivity contribution in [2.45, 2.75) is 26.8 Å². The summed E-state index contributed by atoms with van der Waals surface area (Å²) in [5.74, 6) is -1.71. The molecular weight excluding hydrogens is 274 g/mol. The van der Waals surface area contributed by atoms with Crippen molar-refractivity contribution in [1.82, 2.24) is 15.6 Å². The Bertz CT molecular complexity index is 543. The highest BCUT2D eigenvalue weighted by molar-refractivity contribution is 5.99. The fourth-order valence-corrected chi connectivity index (χ4v) is 1.49. The molecule has 7 nitrogen and oxygen atoms in total. The largest absolute Gasteiger partial charge is 0.477 e. The molecular formula is C14H19N3O4. The zero-order valence-electron chi connectivity index (χ0n) is 12.2. The number of hydrogen-bond acceptors (Lipinski definition) is 4. The van der Waals surface area contributed by atoms with E-state index in [1.807, 2.05) is 13.8 Å². The molecule has 0 aromatic carbocycles. The molecule has 0 radical (unpaired) electrons. The second-order valence-corrected chi connectivity index (χ2v) is 5.07. The number of nitrogens with zero attached hydrogens (tertiary/aromatic N) is 1. The van der Waals surface area contributed by atoms with Crippen LogP contribution in [0.2, 0.25) is 0 Å². The highest BCUT2D eigenvalue weighted by atomic mass is 16.4. The Morgan fingerprint density at radius 2 is 1.95 bits per heavy atom. The molecule has 1 atom stereocenters. The fourth-order valence-electron chi connectivity index (χ4n) is 1.49. The first kappa shape index (κ1) is 16.6. The third-order valence-corrected chi connectivity index (χ3v) is 2.67. The maximum Gasteiger partial charge on any atom is 0.354 e. The first-order valence-corrected chi connectivity index (χ1v) is 6.59. The predicted molar refractivity (Wildman–Crippen MR) is 76.0 cm³/mol. The van der Waals surface area contributed by atoms with Crippen molar-refractivity contribution in [2.24, 2.45) is 5.92 Å². The smallest absolute Gasteiger partial charge is 0.354 e. The van der Waals surface area contributed by atoms with Gasteiger partial charge in [0, 0.05) is 18.3 Å². The number of aromatic carboxylic acids is 1. The lowest BCUT2D eigenvalue weighted by Crippen LogP contribution is -2.45. The number of carboxylic acids is 1. The van der Waals surface area contributed by atoms with Crippen LogP contribution in [-0.4, -0.2) is 40.5 Å². The van der Waals surface area contributed by atoms with Crippen molar-refractivity contribution in [3.8, 4) is 0 Å². The van der Waals surface area contributed by atoms with Gasteiger partial charge < -0.3 is 15.7 Å². The van der Waals surface area contributed by atoms with Gasteiger partial charge in [0.2, 0.25) is 5.91 Å². The highest BCUT2D eigenvalue weighted by Crippen LogP contribution is 2.02. The monoisotopic (exact) mass is 293 g/mol. The first-order valence-electron chi connectivity index (χ1n) is 6.59. The van der Waals surface area contributed by atoms with Crippen molar-refractivity contribution in [1.29, 1.82) is 0 Å². The summed E-state index contributed by atoms with van der Waals surface area (Å²) in [6.07, 6.45) is 1.24. The van der Waals surface area contributed by atoms with Crippen molar-refractivity contribution < 1.29 is 19.5 Å². The number of carboxylic acid groups (broad SMARTS) is 1. The number of aromatic nitrogens is 1. The first-order chi connectivity index (χ1) is 9.81. The van der Waals surface area contributed by atoms with Gasteiger partial charge in [-0.05, 0) is 25.0 Å². The van der Waals surface area contributed by atoms with Gasteiger partial charge in [0.15, 0.2) is 0 Å². The van der Waals surface area contributed by atoms with Gasteiger partial charge in [0.05, 0.1) is 0 Å². The standard InChI is InChI=1S/C14H19N3O4/c1-8(2)7-16-12(18)9(3)17-13(19)10-4-5-15-11(6-10)14(20)21/h4-6,8-9H,7H2,1-3H3,(H,16,18)(H,17,19)(H,20,21). The molecule has 0 bridgehead atoms. The molecule has 7 heteroatoms. The van der Waals surface area contributed by atoms with E-state index < -0.39 is 17.9 Å². The molecule has 1 rings (SSSR count). The average molecular weight is 293 g/mol. The third-order valence-electron chi connectivity index (χ3n) is 2.67. The van der Waals surface area contributed by atoms with E-state index in [1.165, 1.54) is 12.3 Å². The predicted octanol–water partition coefficient (Wildman–Crippen LogP) is 0.670. The summed E-state index contributed by atoms with van der Waals surface area (Å²) < 4.78 is 0. The van der Waals surface area contributed by atoms with Gasteiger partial charge in [-0.2, -0.15) is 0 Å². The summed E-state index contributed by atoms with van der Waals surface area (Å²) in [6, 6.07) is 1.84. The Morgan fingerprint density at radius 3 is 2.52 bits per heavy atom. The number of hydrogen-bond donors (Lipinski definition) is 3. The van der Waals surface area contributed by atoms with Crippen LogP contribution in [0.1, 0.15) is 41.6 Å². The minimum Gasteiger partial charge on any atom is -0.477 e. The summed E-state index contributed by atoms with van der Waals surface area (Å²) in [7, 11) is 0. The maximum atomic E-state index is 12.0. The molecule has 114 valence electrons. The van der Waals surface area contributed by atoms with Crippen LogP contribution >= 0.6 is 0 Å². The van der Waals surface area contributed by atoms with E-state index in [1.54, 1.807) is 6.92 Å². The number of rotatable bonds is 6. The number of carbonyl (C=O) groups excluding carboxylic acids is 2. The molecule has 0 saturated carbocycles. The van der Waals surface area contributed by atoms with Crippen molar-refractivity contribution in [3.63, 3.8) is 0 Å². The topological polar surface area (TPSA) is 108 Å². The number of nitrogens with one attached hydrogen (secondary N) is 2. The number of amides is 2. The van der Waals surface area contributed by atoms with Crippen LogP contribution in [0, 0.1) is 5.92 Å². The van der Waals surface area contributed by atoms with E-state index >= 15 is 0 Å². The van der Waals surface area contributed by atoms with Gasteiger partial charge in [0.1, 0.15) is 11.7 Å². The van der Waals surface area contributed by atoms with Gasteiger partial charge in [-0.1, -0.05) is 13.8 Å². The molecule has 0 aliphatic rings. The number of carbonyl (C=O) groups is 3. The summed E-state index contributed by atoms with van der Waals surface area (Å²) in [5, 5.41) is 14.0. The molecule has 1 aromatic rings. The second-order valence-electron chi connectivity index (χ2n) is 5.07. The van der Waals surface area contributed by atoms with Gasteiger partial charge >= 0.3 is 5.97 Å². The van der Waals surface area contributed by atoms with E-state index in [0.29, 0.717) is 12.5 Å². The number of pyridine rings is 1. The van der Waals surface area contributed by atoms with Crippen molar-refractivity contribution >= 4 is 17.8 Å². The van der Waals surface area contributed by atoms with Crippen LogP contribution in [0.3, 0.4) is 0 Å². The molecule has 0 saturated heterocycles. The molecule has 1 aromatic heterocycles. The van der Waals surface area contributed by atoms with E-state index in [4.69, 9.17) is 5.11 Å². The van der Waals surface area contributed by atoms with E-state index in [2.05, 4.69) is 15.6 Å². The molecule has 0 aliphatic carbocycles. The van der Waals surface area contributed by atoms with Gasteiger partial charge in [-0.3, -0.25) is 9.59 Å². The Labute approximate surface area is 122 Å². The summed E-state index contributed by atoms with van der Waals surface area (Å²) in [5.41, 5.74) is -0.0783. The quantitative estimate of drug-likeness (QED) is 0.714. The summed E-state index contributed by atoms with van der Waals surface area (Å²) in [4.78, 5) is 38.1. The lowest BCUT2D eigenvalue weighted by Gasteiger charge is -2.15. The third kappa shape index (κ3) is 5.21. The Kier molecular flexibility index (Phi) is 5.83. The Hall–Kier alpha value is -2.44. The summed E-state index contributed by atoms with van der Waals surface area (Å²) in [6.45, 7) is 6.02. The zero-order chi connectivity index (χ0) is 16.0. The highest BCUT2D eigenvalue weighted by Gasteiger charge is 2.17. The molecule has 3 N–H and O–H groups in total. The Balaban J connectivity index is 2.66. The molecule has 2 amide bonds. The normalized spacial score (nSPS) is 11.8. The van der Waals surface area contributed by atoms with E-state index in [9.17, 15) is 14.4 Å². The van der Waals surface area contributed by atoms with Crippen LogP contribution in [0.25, 0.3) is 0 Å². The van der Waals surface area contributed by atoms with Crippen molar-refractivity contribution in [3.05, 3.63) is 29.6 Å². The van der Waals surface area contributed by atoms with Gasteiger partial charge in [-0.15, -0.1) is 0 Å². The van der Waals surface area contributed by atoms with Gasteiger partial charge in [-0.25, -0.2) is 9.78 Å². The van der Waals surface area contributed by atoms with Crippen LogP contribution in [0.5, 0.6) is 0 Å². The SMILES string of the molecule is CC(C)CNC(=O)C(C)NC(=O)c1ccnc(C(=O)O)c1. The van der Waals surface area contributed by atoms with Crippen LogP contribution in [0.4, 0.5) is 0 Å². The molecule has 1 unspecified atom stereocenters. The van der Waals surface area contributed by atoms with E-state index in [0.717, 1.165) is 6.07 Å². The Morgan fingerprint density at radius 1 is 1.29 bits per heavy atom. The zero-order valence-corrected chi connectivity index (χ0v) is 12.2. The minimum absolute atomic E-state index is 0.144.